The van der Waals surface area contributed by atoms with Crippen molar-refractivity contribution >= 4 is 38.0 Å². The molecule has 4 nitrogen and oxygen atoms in total. The molecule has 1 amide bonds. The van der Waals surface area contributed by atoms with Gasteiger partial charge >= 0.3 is 6.09 Å². The number of carbonyl (C=O) groups is 1. The minimum Gasteiger partial charge on any atom is -0.465 e. The van der Waals surface area contributed by atoms with E-state index in [-0.39, 0.29) is 6.04 Å². The van der Waals surface area contributed by atoms with Gasteiger partial charge in [0.25, 0.3) is 0 Å². The average Bonchev–Trinajstić information content (AvgIpc) is 2.62. The molecule has 0 heterocycles. The van der Waals surface area contributed by atoms with Crippen LogP contribution in [0.3, 0.4) is 0 Å². The Morgan fingerprint density at radius 3 is 2.25 bits per heavy atom. The Kier molecular flexibility index (Phi) is 8.53. The minimum absolute atomic E-state index is 0.283. The summed E-state index contributed by atoms with van der Waals surface area (Å²) in [6.45, 7) is 6.52. The van der Waals surface area contributed by atoms with Crippen LogP contribution in [0.15, 0.2) is 53.0 Å². The highest BCUT2D eigenvalue weighted by atomic mass is 79.9. The fourth-order valence-corrected chi connectivity index (χ4v) is 4.05. The Morgan fingerprint density at radius 1 is 1.11 bits per heavy atom. The van der Waals surface area contributed by atoms with Crippen LogP contribution < -0.4 is 0 Å². The summed E-state index contributed by atoms with van der Waals surface area (Å²) >= 11 is 6.95. The Bertz CT molecular complexity index is 772. The summed E-state index contributed by atoms with van der Waals surface area (Å²) in [5, 5.41) is 10.6. The number of alkyl halides is 1. The van der Waals surface area contributed by atoms with Gasteiger partial charge in [-0.2, -0.15) is 0 Å². The molecule has 152 valence electrons. The molecule has 0 aromatic heterocycles. The van der Waals surface area contributed by atoms with Crippen LogP contribution in [-0.4, -0.2) is 34.3 Å². The zero-order valence-electron chi connectivity index (χ0n) is 16.5. The first-order chi connectivity index (χ1) is 13.2. The summed E-state index contributed by atoms with van der Waals surface area (Å²) in [5.74, 6) is 0. The van der Waals surface area contributed by atoms with Crippen LogP contribution in [0, 0.1) is 0 Å². The normalized spacial score (nSPS) is 12.6. The summed E-state index contributed by atoms with van der Waals surface area (Å²) in [7, 11) is 0. The van der Waals surface area contributed by atoms with Crippen LogP contribution in [0.4, 0.5) is 4.79 Å². The lowest BCUT2D eigenvalue weighted by Gasteiger charge is -2.39. The topological polar surface area (TPSA) is 49.8 Å². The third kappa shape index (κ3) is 6.61. The molecule has 0 aliphatic carbocycles. The molecule has 0 aliphatic heterocycles. The molecule has 1 unspecified atom stereocenters. The number of benzene rings is 2. The van der Waals surface area contributed by atoms with Gasteiger partial charge in [-0.25, -0.2) is 4.79 Å². The molecule has 0 fully saturated rings. The molecule has 2 aromatic carbocycles. The van der Waals surface area contributed by atoms with E-state index in [1.54, 1.807) is 0 Å². The van der Waals surface area contributed by atoms with E-state index in [1.807, 2.05) is 63.2 Å². The number of hydrogen-bond acceptors (Lipinski definition) is 2. The second-order valence-corrected chi connectivity index (χ2v) is 9.20. The number of nitrogens with zero attached hydrogens (tertiary/aromatic N) is 1. The number of rotatable bonds is 8. The highest BCUT2D eigenvalue weighted by Crippen LogP contribution is 2.22. The molecule has 6 heteroatoms. The van der Waals surface area contributed by atoms with Crippen molar-refractivity contribution in [3.8, 4) is 0 Å². The maximum Gasteiger partial charge on any atom is 0.408 e. The minimum atomic E-state index is -0.931. The van der Waals surface area contributed by atoms with E-state index in [4.69, 9.17) is 4.74 Å². The Morgan fingerprint density at radius 2 is 1.71 bits per heavy atom. The smallest absolute Gasteiger partial charge is 0.408 e. The van der Waals surface area contributed by atoms with Crippen molar-refractivity contribution in [1.29, 1.82) is 0 Å². The van der Waals surface area contributed by atoms with E-state index in [2.05, 4.69) is 37.9 Å². The van der Waals surface area contributed by atoms with Crippen molar-refractivity contribution in [1.82, 2.24) is 4.90 Å². The predicted octanol–water partition coefficient (Wildman–Crippen LogP) is 6.25. The van der Waals surface area contributed by atoms with Gasteiger partial charge in [0.15, 0.2) is 0 Å². The van der Waals surface area contributed by atoms with Crippen molar-refractivity contribution in [3.63, 3.8) is 0 Å². The lowest BCUT2D eigenvalue weighted by atomic mass is 9.99. The third-order valence-corrected chi connectivity index (χ3v) is 5.64. The lowest BCUT2D eigenvalue weighted by molar-refractivity contribution is 0.0152. The summed E-state index contributed by atoms with van der Waals surface area (Å²) in [6, 6.07) is 15.8. The van der Waals surface area contributed by atoms with Crippen LogP contribution in [-0.2, 0) is 23.1 Å². The number of halogens is 2. The summed E-state index contributed by atoms with van der Waals surface area (Å²) in [5.41, 5.74) is 2.84. The van der Waals surface area contributed by atoms with Crippen LogP contribution >= 0.6 is 31.9 Å². The van der Waals surface area contributed by atoms with E-state index in [0.717, 1.165) is 20.9 Å². The van der Waals surface area contributed by atoms with Crippen LogP contribution in [0.1, 0.15) is 37.5 Å². The van der Waals surface area contributed by atoms with Gasteiger partial charge in [0.2, 0.25) is 0 Å². The summed E-state index contributed by atoms with van der Waals surface area (Å²) in [6.07, 6.45) is -0.337. The number of hydrogen-bond donors (Lipinski definition) is 1. The lowest BCUT2D eigenvalue weighted by Crippen LogP contribution is -2.53. The fourth-order valence-electron chi connectivity index (χ4n) is 3.24. The quantitative estimate of drug-likeness (QED) is 0.425. The van der Waals surface area contributed by atoms with E-state index in [9.17, 15) is 9.90 Å². The zero-order valence-corrected chi connectivity index (χ0v) is 19.7. The number of carboxylic acid groups (broad SMARTS) is 1. The maximum absolute atomic E-state index is 12.0. The van der Waals surface area contributed by atoms with Gasteiger partial charge in [-0.1, -0.05) is 68.3 Å². The Hall–Kier alpha value is -1.37. The van der Waals surface area contributed by atoms with E-state index >= 15 is 0 Å². The SMILES string of the molecule is CC(C)(C)N(C(=O)O)C(COCc1ccccc1CBr)Cc1ccc(Br)cc1. The summed E-state index contributed by atoms with van der Waals surface area (Å²) < 4.78 is 7.01. The van der Waals surface area contributed by atoms with E-state index in [0.29, 0.717) is 19.6 Å². The largest absolute Gasteiger partial charge is 0.465 e. The predicted molar refractivity (Wildman–Crippen MR) is 120 cm³/mol. The van der Waals surface area contributed by atoms with Crippen molar-refractivity contribution in [2.75, 3.05) is 6.61 Å². The van der Waals surface area contributed by atoms with Crippen LogP contribution in [0.25, 0.3) is 0 Å². The molecule has 0 spiro atoms. The molecule has 0 saturated carbocycles. The molecule has 1 atom stereocenters. The maximum atomic E-state index is 12.0. The standard InChI is InChI=1S/C22H27Br2NO3/c1-22(2,3)25(21(26)27)20(12-16-8-10-19(24)11-9-16)15-28-14-18-7-5-4-6-17(18)13-23/h4-11,20H,12-15H2,1-3H3,(H,26,27). The second kappa shape index (κ2) is 10.4. The average molecular weight is 513 g/mol. The van der Waals surface area contributed by atoms with E-state index in [1.165, 1.54) is 10.5 Å². The van der Waals surface area contributed by atoms with Crippen molar-refractivity contribution in [2.24, 2.45) is 0 Å². The Labute approximate surface area is 184 Å². The Balaban J connectivity index is 2.17. The van der Waals surface area contributed by atoms with Gasteiger partial charge in [0, 0.05) is 15.3 Å². The number of amides is 1. The first-order valence-electron chi connectivity index (χ1n) is 9.19. The van der Waals surface area contributed by atoms with Crippen molar-refractivity contribution in [3.05, 3.63) is 69.7 Å². The first-order valence-corrected chi connectivity index (χ1v) is 11.1. The van der Waals surface area contributed by atoms with Crippen molar-refractivity contribution in [2.45, 2.75) is 50.7 Å². The highest BCUT2D eigenvalue weighted by molar-refractivity contribution is 9.10. The molecule has 2 aromatic rings. The van der Waals surface area contributed by atoms with Gasteiger partial charge in [-0.3, -0.25) is 4.90 Å². The van der Waals surface area contributed by atoms with Gasteiger partial charge in [-0.15, -0.1) is 0 Å². The molecule has 0 saturated heterocycles. The molecule has 0 bridgehead atoms. The summed E-state index contributed by atoms with van der Waals surface area (Å²) in [4.78, 5) is 13.5. The third-order valence-electron chi connectivity index (χ3n) is 4.51. The first kappa shape index (κ1) is 22.9. The van der Waals surface area contributed by atoms with Crippen molar-refractivity contribution < 1.29 is 14.6 Å². The van der Waals surface area contributed by atoms with Gasteiger partial charge < -0.3 is 9.84 Å². The highest BCUT2D eigenvalue weighted by Gasteiger charge is 2.33. The fraction of sp³-hybridized carbons (Fsp3) is 0.409. The van der Waals surface area contributed by atoms with Gasteiger partial charge in [0.05, 0.1) is 19.3 Å². The number of ether oxygens (including phenoxy) is 1. The van der Waals surface area contributed by atoms with Crippen LogP contribution in [0.2, 0.25) is 0 Å². The second-order valence-electron chi connectivity index (χ2n) is 7.73. The molecular formula is C22H27Br2NO3. The molecule has 2 rings (SSSR count). The molecule has 28 heavy (non-hydrogen) atoms. The van der Waals surface area contributed by atoms with Crippen LogP contribution in [0.5, 0.6) is 0 Å². The van der Waals surface area contributed by atoms with Gasteiger partial charge in [-0.05, 0) is 56.0 Å². The molecular weight excluding hydrogens is 486 g/mol. The molecule has 1 N–H and O–H groups in total. The van der Waals surface area contributed by atoms with Gasteiger partial charge in [0.1, 0.15) is 0 Å². The zero-order chi connectivity index (χ0) is 20.7. The molecule has 0 aliphatic rings. The molecule has 0 radical (unpaired) electrons. The monoisotopic (exact) mass is 511 g/mol. The van der Waals surface area contributed by atoms with E-state index < -0.39 is 11.6 Å².